The fraction of sp³-hybridized carbons (Fsp3) is 0.545. The van der Waals surface area contributed by atoms with Crippen molar-refractivity contribution in [2.24, 2.45) is 0 Å². The lowest BCUT2D eigenvalue weighted by molar-refractivity contribution is -0.0339. The van der Waals surface area contributed by atoms with E-state index in [-0.39, 0.29) is 5.92 Å². The molecule has 1 aromatic carbocycles. The van der Waals surface area contributed by atoms with E-state index in [4.69, 9.17) is 0 Å². The summed E-state index contributed by atoms with van der Waals surface area (Å²) in [4.78, 5) is 19.6. The Bertz CT molecular complexity index is 827. The molecular weight excluding hydrogens is 354 g/mol. The van der Waals surface area contributed by atoms with E-state index in [1.54, 1.807) is 0 Å². The van der Waals surface area contributed by atoms with Crippen LogP contribution in [0.3, 0.4) is 0 Å². The predicted octanol–water partition coefficient (Wildman–Crippen LogP) is 3.31. The first kappa shape index (κ1) is 19.2. The van der Waals surface area contributed by atoms with Gasteiger partial charge < -0.3 is 15.1 Å². The molecule has 4 rings (SSSR count). The highest BCUT2D eigenvalue weighted by Crippen LogP contribution is 2.41. The number of rotatable bonds is 4. The van der Waals surface area contributed by atoms with Crippen LogP contribution < -0.4 is 0 Å². The molecule has 2 N–H and O–H groups in total. The lowest BCUT2D eigenvalue weighted by atomic mass is 9.72. The van der Waals surface area contributed by atoms with Crippen molar-refractivity contribution in [2.45, 2.75) is 43.6 Å². The first-order valence-electron chi connectivity index (χ1n) is 10.3. The van der Waals surface area contributed by atoms with Crippen LogP contribution in [0.15, 0.2) is 36.5 Å². The summed E-state index contributed by atoms with van der Waals surface area (Å²) in [5, 5.41) is 21.9. The van der Waals surface area contributed by atoms with Crippen LogP contribution in [-0.2, 0) is 0 Å². The molecule has 150 valence electrons. The van der Waals surface area contributed by atoms with E-state index in [1.165, 1.54) is 11.3 Å². The molecule has 1 saturated heterocycles. The number of carboxylic acid groups (broad SMARTS) is 1. The molecule has 1 aliphatic heterocycles. The highest BCUT2D eigenvalue weighted by Gasteiger charge is 2.40. The summed E-state index contributed by atoms with van der Waals surface area (Å²) in [5.74, 6) is -0.0127. The first-order chi connectivity index (χ1) is 13.5. The molecule has 0 bridgehead atoms. The average molecular weight is 383 g/mol. The van der Waals surface area contributed by atoms with Crippen LogP contribution in [0.4, 0.5) is 4.79 Å². The van der Waals surface area contributed by atoms with E-state index in [9.17, 15) is 15.0 Å². The van der Waals surface area contributed by atoms with Gasteiger partial charge in [-0.25, -0.2) is 4.79 Å². The lowest BCUT2D eigenvalue weighted by Crippen LogP contribution is -2.51. The third-order valence-corrected chi connectivity index (χ3v) is 6.47. The van der Waals surface area contributed by atoms with Gasteiger partial charge in [0.25, 0.3) is 0 Å². The summed E-state index contributed by atoms with van der Waals surface area (Å²) >= 11 is 0. The third-order valence-electron chi connectivity index (χ3n) is 6.47. The molecule has 6 heteroatoms. The molecule has 0 radical (unpaired) electrons. The van der Waals surface area contributed by atoms with E-state index in [0.717, 1.165) is 48.7 Å². The van der Waals surface area contributed by atoms with Gasteiger partial charge in [0.1, 0.15) is 0 Å². The maximum absolute atomic E-state index is 11.6. The van der Waals surface area contributed by atoms with Crippen molar-refractivity contribution in [3.05, 3.63) is 42.1 Å². The van der Waals surface area contributed by atoms with Gasteiger partial charge in [-0.15, -0.1) is 0 Å². The standard InChI is InChI=1S/C22H29N3O3/c26-21(27)25-12-10-24(11-13-25)16-19(22(28)8-4-1-5-9-22)18-14-17-6-2-3-7-20(17)23-15-18/h2-3,6-7,14-15,19,28H,1,4-5,8-13,16H2,(H,26,27). The SMILES string of the molecule is O=C(O)N1CCN(CC(c2cnc3ccccc3c2)C2(O)CCCCC2)CC1. The van der Waals surface area contributed by atoms with Gasteiger partial charge in [0, 0.05) is 50.2 Å². The molecule has 2 fully saturated rings. The molecule has 2 aromatic rings. The first-order valence-corrected chi connectivity index (χ1v) is 10.3. The number of carbonyl (C=O) groups is 1. The second-order valence-corrected chi connectivity index (χ2v) is 8.25. The Labute approximate surface area is 165 Å². The molecule has 1 aliphatic carbocycles. The number of aromatic nitrogens is 1. The normalized spacial score (nSPS) is 21.5. The second kappa shape index (κ2) is 8.05. The van der Waals surface area contributed by atoms with Crippen molar-refractivity contribution in [2.75, 3.05) is 32.7 Å². The Morgan fingerprint density at radius 3 is 2.54 bits per heavy atom. The zero-order valence-corrected chi connectivity index (χ0v) is 16.3. The van der Waals surface area contributed by atoms with Crippen LogP contribution in [0.2, 0.25) is 0 Å². The van der Waals surface area contributed by atoms with Crippen molar-refractivity contribution < 1.29 is 15.0 Å². The second-order valence-electron chi connectivity index (χ2n) is 8.25. The monoisotopic (exact) mass is 383 g/mol. The van der Waals surface area contributed by atoms with Gasteiger partial charge in [0.15, 0.2) is 0 Å². The van der Waals surface area contributed by atoms with E-state index in [1.807, 2.05) is 24.4 Å². The lowest BCUT2D eigenvalue weighted by Gasteiger charge is -2.43. The van der Waals surface area contributed by atoms with Gasteiger partial charge in [0.05, 0.1) is 11.1 Å². The molecule has 1 saturated carbocycles. The summed E-state index contributed by atoms with van der Waals surface area (Å²) in [7, 11) is 0. The van der Waals surface area contributed by atoms with Gasteiger partial charge in [-0.3, -0.25) is 9.88 Å². The summed E-state index contributed by atoms with van der Waals surface area (Å²) in [6, 6.07) is 10.3. The minimum Gasteiger partial charge on any atom is -0.465 e. The van der Waals surface area contributed by atoms with Crippen LogP contribution in [0, 0.1) is 0 Å². The van der Waals surface area contributed by atoms with Crippen LogP contribution in [0.1, 0.15) is 43.6 Å². The zero-order valence-electron chi connectivity index (χ0n) is 16.3. The number of pyridine rings is 1. The Balaban J connectivity index is 1.59. The average Bonchev–Trinajstić information content (AvgIpc) is 2.72. The number of amides is 1. The van der Waals surface area contributed by atoms with E-state index < -0.39 is 11.7 Å². The van der Waals surface area contributed by atoms with Gasteiger partial charge in [-0.2, -0.15) is 0 Å². The summed E-state index contributed by atoms with van der Waals surface area (Å²) in [6.45, 7) is 3.21. The molecule has 2 heterocycles. The molecule has 2 aliphatic rings. The van der Waals surface area contributed by atoms with E-state index in [0.29, 0.717) is 26.2 Å². The molecular formula is C22H29N3O3. The van der Waals surface area contributed by atoms with E-state index in [2.05, 4.69) is 22.0 Å². The van der Waals surface area contributed by atoms with E-state index >= 15 is 0 Å². The maximum atomic E-state index is 11.6. The molecule has 1 amide bonds. The number of nitrogens with zero attached hydrogens (tertiary/aromatic N) is 3. The number of benzene rings is 1. The van der Waals surface area contributed by atoms with Gasteiger partial charge in [-0.05, 0) is 30.5 Å². The largest absolute Gasteiger partial charge is 0.465 e. The van der Waals surface area contributed by atoms with Gasteiger partial charge in [-0.1, -0.05) is 37.5 Å². The number of piperazine rings is 1. The van der Waals surface area contributed by atoms with Crippen LogP contribution in [-0.4, -0.2) is 69.4 Å². The number of aliphatic hydroxyl groups is 1. The summed E-state index contributed by atoms with van der Waals surface area (Å²) < 4.78 is 0. The summed E-state index contributed by atoms with van der Waals surface area (Å²) in [5.41, 5.74) is 1.34. The molecule has 1 unspecified atom stereocenters. The van der Waals surface area contributed by atoms with Gasteiger partial charge in [0.2, 0.25) is 0 Å². The highest BCUT2D eigenvalue weighted by molar-refractivity contribution is 5.78. The fourth-order valence-corrected chi connectivity index (χ4v) is 4.76. The zero-order chi connectivity index (χ0) is 19.6. The molecule has 28 heavy (non-hydrogen) atoms. The Morgan fingerprint density at radius 1 is 1.11 bits per heavy atom. The third kappa shape index (κ3) is 3.98. The highest BCUT2D eigenvalue weighted by atomic mass is 16.4. The number of fused-ring (bicyclic) bond motifs is 1. The topological polar surface area (TPSA) is 76.9 Å². The maximum Gasteiger partial charge on any atom is 0.407 e. The van der Waals surface area contributed by atoms with Crippen molar-refractivity contribution in [3.8, 4) is 0 Å². The fourth-order valence-electron chi connectivity index (χ4n) is 4.76. The molecule has 0 spiro atoms. The number of hydrogen-bond donors (Lipinski definition) is 2. The predicted molar refractivity (Wildman–Crippen MR) is 109 cm³/mol. The van der Waals surface area contributed by atoms with Crippen molar-refractivity contribution >= 4 is 17.0 Å². The Kier molecular flexibility index (Phi) is 5.51. The minimum absolute atomic E-state index is 0.0127. The van der Waals surface area contributed by atoms with Crippen molar-refractivity contribution in [3.63, 3.8) is 0 Å². The van der Waals surface area contributed by atoms with Crippen molar-refractivity contribution in [1.29, 1.82) is 0 Å². The Morgan fingerprint density at radius 2 is 1.82 bits per heavy atom. The van der Waals surface area contributed by atoms with Crippen LogP contribution in [0.25, 0.3) is 10.9 Å². The number of hydrogen-bond acceptors (Lipinski definition) is 4. The van der Waals surface area contributed by atoms with Gasteiger partial charge >= 0.3 is 6.09 Å². The smallest absolute Gasteiger partial charge is 0.407 e. The van der Waals surface area contributed by atoms with Crippen LogP contribution >= 0.6 is 0 Å². The minimum atomic E-state index is -0.846. The molecule has 1 aromatic heterocycles. The molecule has 1 atom stereocenters. The molecule has 6 nitrogen and oxygen atoms in total. The Hall–Kier alpha value is -2.18. The quantitative estimate of drug-likeness (QED) is 0.847. The number of para-hydroxylation sites is 1. The van der Waals surface area contributed by atoms with Crippen LogP contribution in [0.5, 0.6) is 0 Å². The summed E-state index contributed by atoms with van der Waals surface area (Å²) in [6.07, 6.45) is 6.01. The van der Waals surface area contributed by atoms with Crippen molar-refractivity contribution in [1.82, 2.24) is 14.8 Å².